The van der Waals surface area contributed by atoms with Crippen LogP contribution in [0.5, 0.6) is 5.75 Å². The van der Waals surface area contributed by atoms with Crippen molar-refractivity contribution < 1.29 is 14.3 Å². The molecule has 2 amide bonds. The number of rotatable bonds is 8. The molecular formula is C28H39N3O3. The third kappa shape index (κ3) is 6.60. The van der Waals surface area contributed by atoms with Crippen LogP contribution in [0.15, 0.2) is 48.5 Å². The number of nitrogens with zero attached hydrogens (tertiary/aromatic N) is 1. The predicted molar refractivity (Wildman–Crippen MR) is 136 cm³/mol. The van der Waals surface area contributed by atoms with E-state index in [-0.39, 0.29) is 17.9 Å². The zero-order valence-corrected chi connectivity index (χ0v) is 21.4. The minimum Gasteiger partial charge on any atom is -0.497 e. The molecule has 0 radical (unpaired) electrons. The molecule has 0 aliphatic carbocycles. The van der Waals surface area contributed by atoms with Crippen LogP contribution >= 0.6 is 0 Å². The molecule has 1 fully saturated rings. The van der Waals surface area contributed by atoms with Crippen molar-refractivity contribution in [3.63, 3.8) is 0 Å². The number of hydrogen-bond acceptors (Lipinski definition) is 4. The number of amides is 2. The van der Waals surface area contributed by atoms with Crippen LogP contribution in [-0.4, -0.2) is 41.9 Å². The Bertz CT molecular complexity index is 956. The molecule has 1 heterocycles. The highest BCUT2D eigenvalue weighted by Gasteiger charge is 2.37. The molecule has 34 heavy (non-hydrogen) atoms. The van der Waals surface area contributed by atoms with E-state index in [9.17, 15) is 9.59 Å². The average molecular weight is 466 g/mol. The normalized spacial score (nSPS) is 16.9. The van der Waals surface area contributed by atoms with E-state index in [4.69, 9.17) is 4.74 Å². The van der Waals surface area contributed by atoms with Crippen molar-refractivity contribution in [2.24, 2.45) is 0 Å². The smallest absolute Gasteiger partial charge is 0.247 e. The van der Waals surface area contributed by atoms with Crippen LogP contribution in [0.4, 0.5) is 0 Å². The highest BCUT2D eigenvalue weighted by Crippen LogP contribution is 2.28. The monoisotopic (exact) mass is 465 g/mol. The largest absolute Gasteiger partial charge is 0.497 e. The standard InChI is InChI=1S/C28H39N3O3/c1-19(2)21-11-13-22(14-12-21)25(26(32)30-28(3,4)5)31(27(33)24-8-7-17-29-24)18-20-9-15-23(34-6)16-10-20/h9-16,19,24-25,29H,7-8,17-18H2,1-6H3,(H,30,32)/t24-,25?/m0/s1. The van der Waals surface area contributed by atoms with Gasteiger partial charge >= 0.3 is 0 Å². The molecule has 0 bridgehead atoms. The number of benzene rings is 2. The van der Waals surface area contributed by atoms with Crippen molar-refractivity contribution in [3.8, 4) is 5.75 Å². The Labute approximate surface area is 204 Å². The fourth-order valence-electron chi connectivity index (χ4n) is 4.29. The topological polar surface area (TPSA) is 70.7 Å². The summed E-state index contributed by atoms with van der Waals surface area (Å²) >= 11 is 0. The molecule has 1 aliphatic rings. The van der Waals surface area contributed by atoms with Crippen molar-refractivity contribution >= 4 is 11.8 Å². The Morgan fingerprint density at radius 2 is 1.68 bits per heavy atom. The Kier molecular flexibility index (Phi) is 8.37. The lowest BCUT2D eigenvalue weighted by Gasteiger charge is -2.35. The summed E-state index contributed by atoms with van der Waals surface area (Å²) in [5.41, 5.74) is 2.53. The number of nitrogens with one attached hydrogen (secondary N) is 2. The van der Waals surface area contributed by atoms with Crippen LogP contribution in [0, 0.1) is 0 Å². The van der Waals surface area contributed by atoms with E-state index in [1.165, 1.54) is 5.56 Å². The molecule has 1 aliphatic heterocycles. The maximum atomic E-state index is 13.8. The van der Waals surface area contributed by atoms with Crippen LogP contribution in [0.3, 0.4) is 0 Å². The Hall–Kier alpha value is -2.86. The van der Waals surface area contributed by atoms with Gasteiger partial charge in [-0.2, -0.15) is 0 Å². The van der Waals surface area contributed by atoms with Crippen LogP contribution in [0.2, 0.25) is 0 Å². The van der Waals surface area contributed by atoms with Crippen LogP contribution in [0.1, 0.15) is 76.1 Å². The van der Waals surface area contributed by atoms with Gasteiger partial charge in [-0.05, 0) is 74.9 Å². The number of hydrogen-bond donors (Lipinski definition) is 2. The second-order valence-electron chi connectivity index (χ2n) is 10.4. The predicted octanol–water partition coefficient (Wildman–Crippen LogP) is 4.56. The summed E-state index contributed by atoms with van der Waals surface area (Å²) in [5.74, 6) is 0.918. The van der Waals surface area contributed by atoms with Gasteiger partial charge < -0.3 is 20.3 Å². The lowest BCUT2D eigenvalue weighted by Crippen LogP contribution is -2.52. The molecule has 6 nitrogen and oxygen atoms in total. The van der Waals surface area contributed by atoms with Crippen molar-refractivity contribution in [1.82, 2.24) is 15.5 Å². The van der Waals surface area contributed by atoms with Crippen molar-refractivity contribution in [1.29, 1.82) is 0 Å². The highest BCUT2D eigenvalue weighted by molar-refractivity contribution is 5.91. The van der Waals surface area contributed by atoms with Gasteiger partial charge in [0, 0.05) is 12.1 Å². The maximum absolute atomic E-state index is 13.8. The molecule has 2 aromatic rings. The molecule has 1 saturated heterocycles. The lowest BCUT2D eigenvalue weighted by atomic mass is 9.96. The van der Waals surface area contributed by atoms with Crippen molar-refractivity contribution in [2.75, 3.05) is 13.7 Å². The minimum atomic E-state index is -0.738. The lowest BCUT2D eigenvalue weighted by molar-refractivity contribution is -0.143. The molecule has 0 saturated carbocycles. The van der Waals surface area contributed by atoms with Gasteiger partial charge in [0.15, 0.2) is 0 Å². The van der Waals surface area contributed by atoms with E-state index >= 15 is 0 Å². The molecule has 0 spiro atoms. The molecule has 3 rings (SSSR count). The molecular weight excluding hydrogens is 426 g/mol. The van der Waals surface area contributed by atoms with Gasteiger partial charge in [0.1, 0.15) is 11.8 Å². The fraction of sp³-hybridized carbons (Fsp3) is 0.500. The quantitative estimate of drug-likeness (QED) is 0.600. The van der Waals surface area contributed by atoms with Gasteiger partial charge in [0.25, 0.3) is 0 Å². The molecule has 2 aromatic carbocycles. The molecule has 2 atom stereocenters. The number of methoxy groups -OCH3 is 1. The fourth-order valence-corrected chi connectivity index (χ4v) is 4.29. The van der Waals surface area contributed by atoms with E-state index in [1.807, 2.05) is 57.2 Å². The first kappa shape index (κ1) is 25.8. The van der Waals surface area contributed by atoms with E-state index in [2.05, 4.69) is 36.6 Å². The summed E-state index contributed by atoms with van der Waals surface area (Å²) in [5, 5.41) is 6.43. The summed E-state index contributed by atoms with van der Waals surface area (Å²) in [4.78, 5) is 29.2. The Morgan fingerprint density at radius 3 is 2.18 bits per heavy atom. The van der Waals surface area contributed by atoms with E-state index in [0.717, 1.165) is 36.3 Å². The van der Waals surface area contributed by atoms with Crippen molar-refractivity contribution in [2.45, 2.75) is 77.5 Å². The number of ether oxygens (including phenoxy) is 1. The molecule has 1 unspecified atom stereocenters. The van der Waals surface area contributed by atoms with Gasteiger partial charge in [-0.25, -0.2) is 0 Å². The zero-order valence-electron chi connectivity index (χ0n) is 21.4. The Balaban J connectivity index is 2.04. The van der Waals surface area contributed by atoms with E-state index in [1.54, 1.807) is 12.0 Å². The van der Waals surface area contributed by atoms with Crippen LogP contribution < -0.4 is 15.4 Å². The molecule has 2 N–H and O–H groups in total. The summed E-state index contributed by atoms with van der Waals surface area (Å²) in [6.07, 6.45) is 1.73. The van der Waals surface area contributed by atoms with Gasteiger partial charge in [-0.3, -0.25) is 9.59 Å². The second-order valence-corrected chi connectivity index (χ2v) is 10.4. The third-order valence-corrected chi connectivity index (χ3v) is 6.13. The number of carbonyl (C=O) groups excluding carboxylic acids is 2. The van der Waals surface area contributed by atoms with Crippen molar-refractivity contribution in [3.05, 3.63) is 65.2 Å². The number of carbonyl (C=O) groups is 2. The first-order valence-corrected chi connectivity index (χ1v) is 12.2. The molecule has 184 valence electrons. The summed E-state index contributed by atoms with van der Waals surface area (Å²) < 4.78 is 5.29. The zero-order chi connectivity index (χ0) is 24.9. The Morgan fingerprint density at radius 1 is 1.06 bits per heavy atom. The van der Waals surface area contributed by atoms with Gasteiger partial charge in [-0.15, -0.1) is 0 Å². The first-order valence-electron chi connectivity index (χ1n) is 12.2. The van der Waals surface area contributed by atoms with E-state index < -0.39 is 11.6 Å². The summed E-state index contributed by atoms with van der Waals surface area (Å²) in [6, 6.07) is 14.7. The minimum absolute atomic E-state index is 0.0460. The van der Waals surface area contributed by atoms with Gasteiger partial charge in [0.05, 0.1) is 13.2 Å². The average Bonchev–Trinajstić information content (AvgIpc) is 3.33. The maximum Gasteiger partial charge on any atom is 0.247 e. The third-order valence-electron chi connectivity index (χ3n) is 6.13. The SMILES string of the molecule is COc1ccc(CN(C(=O)[C@@H]2CCCN2)C(C(=O)NC(C)(C)C)c2ccc(C(C)C)cc2)cc1. The summed E-state index contributed by atoms with van der Waals surface area (Å²) in [6.45, 7) is 11.3. The molecule has 0 aromatic heterocycles. The first-order chi connectivity index (χ1) is 16.1. The molecule has 6 heteroatoms. The van der Waals surface area contributed by atoms with Crippen LogP contribution in [-0.2, 0) is 16.1 Å². The van der Waals surface area contributed by atoms with Gasteiger partial charge in [-0.1, -0.05) is 50.2 Å². The van der Waals surface area contributed by atoms with E-state index in [0.29, 0.717) is 12.5 Å². The second kappa shape index (κ2) is 11.0. The summed E-state index contributed by atoms with van der Waals surface area (Å²) in [7, 11) is 1.63. The van der Waals surface area contributed by atoms with Gasteiger partial charge in [0.2, 0.25) is 11.8 Å². The van der Waals surface area contributed by atoms with Crippen LogP contribution in [0.25, 0.3) is 0 Å². The highest BCUT2D eigenvalue weighted by atomic mass is 16.5.